The Labute approximate surface area is 171 Å². The minimum Gasteiger partial charge on any atom is -0.324 e. The number of rotatable bonds is 4. The predicted octanol–water partition coefficient (Wildman–Crippen LogP) is 4.08. The summed E-state index contributed by atoms with van der Waals surface area (Å²) in [6.07, 6.45) is 4.42. The molecule has 0 saturated carbocycles. The summed E-state index contributed by atoms with van der Waals surface area (Å²) >= 11 is 6.57. The van der Waals surface area contributed by atoms with E-state index < -0.39 is 5.82 Å². The number of nitriles is 1. The third kappa shape index (κ3) is 3.28. The molecule has 0 radical (unpaired) electrons. The van der Waals surface area contributed by atoms with Gasteiger partial charge in [0.2, 0.25) is 5.91 Å². The van der Waals surface area contributed by atoms with Gasteiger partial charge in [-0.3, -0.25) is 9.48 Å². The Hall–Kier alpha value is -3.18. The van der Waals surface area contributed by atoms with Gasteiger partial charge in [0.25, 0.3) is 0 Å². The molecule has 9 heteroatoms. The van der Waals surface area contributed by atoms with Gasteiger partial charge >= 0.3 is 0 Å². The Balaban J connectivity index is 1.88. The van der Waals surface area contributed by atoms with E-state index >= 15 is 4.39 Å². The highest BCUT2D eigenvalue weighted by Crippen LogP contribution is 2.35. The first kappa shape index (κ1) is 19.2. The zero-order valence-electron chi connectivity index (χ0n) is 15.7. The fraction of sp³-hybridized carbons (Fsp3) is 0.300. The first-order valence-corrected chi connectivity index (χ1v) is 9.75. The van der Waals surface area contributed by atoms with Crippen LogP contribution in [-0.2, 0) is 17.8 Å². The third-order valence-corrected chi connectivity index (χ3v) is 5.34. The van der Waals surface area contributed by atoms with Crippen molar-refractivity contribution in [3.05, 3.63) is 46.5 Å². The summed E-state index contributed by atoms with van der Waals surface area (Å²) in [5.41, 5.74) is 1.52. The molecule has 148 valence electrons. The molecular formula is C20H18ClFN6O. The van der Waals surface area contributed by atoms with Crippen LogP contribution in [0.25, 0.3) is 17.1 Å². The summed E-state index contributed by atoms with van der Waals surface area (Å²) < 4.78 is 18.5. The first-order chi connectivity index (χ1) is 14.0. The van der Waals surface area contributed by atoms with E-state index in [-0.39, 0.29) is 34.8 Å². The number of aryl methyl sites for hydroxylation is 1. The van der Waals surface area contributed by atoms with E-state index in [0.717, 1.165) is 31.5 Å². The van der Waals surface area contributed by atoms with E-state index in [2.05, 4.69) is 15.5 Å². The van der Waals surface area contributed by atoms with Crippen molar-refractivity contribution in [1.82, 2.24) is 19.6 Å². The van der Waals surface area contributed by atoms with E-state index in [0.29, 0.717) is 10.8 Å². The number of fused-ring (bicyclic) bond motifs is 1. The number of nitrogens with zero attached hydrogens (tertiary/aromatic N) is 5. The lowest BCUT2D eigenvalue weighted by Gasteiger charge is -2.12. The Morgan fingerprint density at radius 1 is 1.41 bits per heavy atom. The largest absolute Gasteiger partial charge is 0.324 e. The molecule has 1 aliphatic heterocycles. The van der Waals surface area contributed by atoms with E-state index in [1.807, 2.05) is 10.8 Å². The van der Waals surface area contributed by atoms with Gasteiger partial charge in [0.05, 0.1) is 28.8 Å². The van der Waals surface area contributed by atoms with Crippen molar-refractivity contribution in [3.8, 4) is 23.1 Å². The normalized spacial score (nSPS) is 13.0. The van der Waals surface area contributed by atoms with Crippen molar-refractivity contribution in [3.63, 3.8) is 0 Å². The highest BCUT2D eigenvalue weighted by Gasteiger charge is 2.26. The molecule has 0 unspecified atom stereocenters. The predicted molar refractivity (Wildman–Crippen MR) is 106 cm³/mol. The molecular weight excluding hydrogens is 395 g/mol. The monoisotopic (exact) mass is 412 g/mol. The summed E-state index contributed by atoms with van der Waals surface area (Å²) in [5, 5.41) is 21.4. The number of aromatic nitrogens is 4. The number of carbonyl (C=O) groups excluding carboxylic acids is 1. The van der Waals surface area contributed by atoms with Crippen LogP contribution in [0.2, 0.25) is 5.02 Å². The molecule has 3 heterocycles. The number of hydrogen-bond acceptors (Lipinski definition) is 4. The second-order valence-electron chi connectivity index (χ2n) is 6.76. The topological polar surface area (TPSA) is 88.5 Å². The van der Waals surface area contributed by atoms with E-state index in [1.54, 1.807) is 13.0 Å². The number of benzene rings is 1. The maximum atomic E-state index is 15.2. The lowest BCUT2D eigenvalue weighted by Crippen LogP contribution is -2.12. The van der Waals surface area contributed by atoms with E-state index in [4.69, 9.17) is 11.6 Å². The highest BCUT2D eigenvalue weighted by molar-refractivity contribution is 6.33. The van der Waals surface area contributed by atoms with Crippen LogP contribution in [0.3, 0.4) is 0 Å². The lowest BCUT2D eigenvalue weighted by molar-refractivity contribution is -0.115. The van der Waals surface area contributed by atoms with Gasteiger partial charge in [0.15, 0.2) is 11.6 Å². The molecule has 3 aromatic rings. The van der Waals surface area contributed by atoms with Crippen LogP contribution < -0.4 is 5.32 Å². The minimum absolute atomic E-state index is 0.0428. The smallest absolute Gasteiger partial charge is 0.224 e. The molecule has 1 amide bonds. The fourth-order valence-corrected chi connectivity index (χ4v) is 3.78. The van der Waals surface area contributed by atoms with Crippen molar-refractivity contribution in [2.45, 2.75) is 39.2 Å². The molecule has 1 aliphatic rings. The SMILES string of the molecule is CCC(=O)Nc1cccc(-c2c(C#N)cnn2-c2nn3c(c2Cl)CCCC3)c1F. The quantitative estimate of drug-likeness (QED) is 0.699. The zero-order valence-corrected chi connectivity index (χ0v) is 16.5. The Morgan fingerprint density at radius 2 is 2.24 bits per heavy atom. The molecule has 1 aromatic carbocycles. The van der Waals surface area contributed by atoms with Gasteiger partial charge in [0.1, 0.15) is 11.1 Å². The fourth-order valence-electron chi connectivity index (χ4n) is 3.47. The number of halogens is 2. The number of nitrogens with one attached hydrogen (secondary N) is 1. The van der Waals surface area contributed by atoms with Gasteiger partial charge in [-0.25, -0.2) is 9.07 Å². The number of carbonyl (C=O) groups is 1. The highest BCUT2D eigenvalue weighted by atomic mass is 35.5. The van der Waals surface area contributed by atoms with Crippen molar-refractivity contribution < 1.29 is 9.18 Å². The third-order valence-electron chi connectivity index (χ3n) is 4.95. The van der Waals surface area contributed by atoms with Crippen LogP contribution >= 0.6 is 11.6 Å². The second-order valence-corrected chi connectivity index (χ2v) is 7.14. The summed E-state index contributed by atoms with van der Waals surface area (Å²) in [7, 11) is 0. The average Bonchev–Trinajstić information content (AvgIpc) is 3.30. The molecule has 0 atom stereocenters. The summed E-state index contributed by atoms with van der Waals surface area (Å²) in [6, 6.07) is 6.67. The summed E-state index contributed by atoms with van der Waals surface area (Å²) in [4.78, 5) is 11.7. The Morgan fingerprint density at radius 3 is 2.97 bits per heavy atom. The molecule has 1 N–H and O–H groups in total. The molecule has 0 fully saturated rings. The van der Waals surface area contributed by atoms with Gasteiger partial charge in [-0.1, -0.05) is 24.6 Å². The van der Waals surface area contributed by atoms with Crippen LogP contribution in [0.15, 0.2) is 24.4 Å². The molecule has 0 saturated heterocycles. The Bertz CT molecular complexity index is 1140. The second kappa shape index (κ2) is 7.68. The van der Waals surface area contributed by atoms with Gasteiger partial charge in [0, 0.05) is 18.5 Å². The molecule has 0 spiro atoms. The van der Waals surface area contributed by atoms with E-state index in [1.165, 1.54) is 23.0 Å². The zero-order chi connectivity index (χ0) is 20.5. The van der Waals surface area contributed by atoms with Crippen LogP contribution in [0.4, 0.5) is 10.1 Å². The maximum Gasteiger partial charge on any atom is 0.224 e. The van der Waals surface area contributed by atoms with Crippen molar-refractivity contribution in [2.75, 3.05) is 5.32 Å². The van der Waals surface area contributed by atoms with Gasteiger partial charge in [-0.15, -0.1) is 0 Å². The minimum atomic E-state index is -0.646. The molecule has 29 heavy (non-hydrogen) atoms. The number of hydrogen-bond donors (Lipinski definition) is 1. The lowest BCUT2D eigenvalue weighted by atomic mass is 10.1. The number of amides is 1. The molecule has 7 nitrogen and oxygen atoms in total. The van der Waals surface area contributed by atoms with Crippen molar-refractivity contribution in [2.24, 2.45) is 0 Å². The van der Waals surface area contributed by atoms with Gasteiger partial charge < -0.3 is 5.32 Å². The maximum absolute atomic E-state index is 15.2. The molecule has 4 rings (SSSR count). The summed E-state index contributed by atoms with van der Waals surface area (Å²) in [5.74, 6) is -0.588. The summed E-state index contributed by atoms with van der Waals surface area (Å²) in [6.45, 7) is 2.44. The average molecular weight is 413 g/mol. The molecule has 0 bridgehead atoms. The Kier molecular flexibility index (Phi) is 5.07. The van der Waals surface area contributed by atoms with Crippen LogP contribution in [0.5, 0.6) is 0 Å². The van der Waals surface area contributed by atoms with Crippen molar-refractivity contribution >= 4 is 23.2 Å². The van der Waals surface area contributed by atoms with Crippen LogP contribution in [-0.4, -0.2) is 25.5 Å². The van der Waals surface area contributed by atoms with Crippen LogP contribution in [0.1, 0.15) is 37.4 Å². The standard InChI is InChI=1S/C20H18ClFN6O/c1-2-16(29)25-14-7-5-6-13(18(14)22)19-12(10-23)11-24-28(19)20-17(21)15-8-3-4-9-27(15)26-20/h5-7,11H,2-4,8-9H2,1H3,(H,25,29). The first-order valence-electron chi connectivity index (χ1n) is 9.37. The van der Waals surface area contributed by atoms with Gasteiger partial charge in [-0.2, -0.15) is 15.5 Å². The number of anilines is 1. The van der Waals surface area contributed by atoms with Crippen LogP contribution in [0, 0.1) is 17.1 Å². The molecule has 0 aliphatic carbocycles. The van der Waals surface area contributed by atoms with E-state index in [9.17, 15) is 10.1 Å². The van der Waals surface area contributed by atoms with Gasteiger partial charge in [-0.05, 0) is 31.4 Å². The van der Waals surface area contributed by atoms with Crippen molar-refractivity contribution in [1.29, 1.82) is 5.26 Å². The molecule has 2 aromatic heterocycles.